The maximum atomic E-state index is 11.7. The Morgan fingerprint density at radius 1 is 1.39 bits per heavy atom. The Morgan fingerprint density at radius 3 is 2.67 bits per heavy atom. The summed E-state index contributed by atoms with van der Waals surface area (Å²) in [5.41, 5.74) is 0. The predicted octanol–water partition coefficient (Wildman–Crippen LogP) is 0.377. The highest BCUT2D eigenvalue weighted by Crippen LogP contribution is 2.10. The van der Waals surface area contributed by atoms with Gasteiger partial charge in [0.15, 0.2) is 5.13 Å². The van der Waals surface area contributed by atoms with Crippen LogP contribution in [0, 0.1) is 0 Å². The van der Waals surface area contributed by atoms with Crippen molar-refractivity contribution in [3.05, 3.63) is 11.6 Å². The molecule has 1 aromatic heterocycles. The minimum Gasteiger partial charge on any atom is -0.465 e. The number of aromatic nitrogens is 1. The van der Waals surface area contributed by atoms with Crippen LogP contribution < -0.4 is 5.32 Å². The van der Waals surface area contributed by atoms with E-state index >= 15 is 0 Å². The standard InChI is InChI=1S/C10H14N4O3S/c15-8(12-9-11-1-6-18-9)7-13-2-4-14(5-3-13)10(16)17/h1,6H,2-5,7H2,(H,16,17)(H,11,12,15). The summed E-state index contributed by atoms with van der Waals surface area (Å²) in [5, 5.41) is 13.9. The Morgan fingerprint density at radius 2 is 2.11 bits per heavy atom. The van der Waals surface area contributed by atoms with Crippen molar-refractivity contribution in [2.45, 2.75) is 0 Å². The summed E-state index contributed by atoms with van der Waals surface area (Å²) in [6.45, 7) is 2.32. The highest BCUT2D eigenvalue weighted by atomic mass is 32.1. The zero-order valence-electron chi connectivity index (χ0n) is 9.70. The van der Waals surface area contributed by atoms with Gasteiger partial charge in [0.2, 0.25) is 5.91 Å². The van der Waals surface area contributed by atoms with Crippen LogP contribution in [0.1, 0.15) is 0 Å². The van der Waals surface area contributed by atoms with Crippen LogP contribution >= 0.6 is 11.3 Å². The van der Waals surface area contributed by atoms with Gasteiger partial charge in [-0.1, -0.05) is 0 Å². The van der Waals surface area contributed by atoms with Gasteiger partial charge in [0, 0.05) is 37.8 Å². The maximum Gasteiger partial charge on any atom is 0.407 e. The summed E-state index contributed by atoms with van der Waals surface area (Å²) in [6, 6.07) is 0. The first-order valence-electron chi connectivity index (χ1n) is 5.55. The Bertz CT molecular complexity index is 415. The number of amides is 2. The van der Waals surface area contributed by atoms with Gasteiger partial charge in [0.25, 0.3) is 0 Å². The number of nitrogens with one attached hydrogen (secondary N) is 1. The van der Waals surface area contributed by atoms with Gasteiger partial charge in [-0.2, -0.15) is 0 Å². The van der Waals surface area contributed by atoms with Crippen LogP contribution in [0.25, 0.3) is 0 Å². The van der Waals surface area contributed by atoms with Crippen LogP contribution in [0.4, 0.5) is 9.93 Å². The van der Waals surface area contributed by atoms with Crippen molar-refractivity contribution < 1.29 is 14.7 Å². The summed E-state index contributed by atoms with van der Waals surface area (Å²) in [4.78, 5) is 29.7. The zero-order valence-corrected chi connectivity index (χ0v) is 10.5. The summed E-state index contributed by atoms with van der Waals surface area (Å²) < 4.78 is 0. The van der Waals surface area contributed by atoms with Crippen molar-refractivity contribution in [1.29, 1.82) is 0 Å². The monoisotopic (exact) mass is 270 g/mol. The molecule has 0 aliphatic carbocycles. The average Bonchev–Trinajstić information content (AvgIpc) is 2.82. The first-order valence-corrected chi connectivity index (χ1v) is 6.42. The number of piperazine rings is 1. The molecule has 7 nitrogen and oxygen atoms in total. The summed E-state index contributed by atoms with van der Waals surface area (Å²) in [6.07, 6.45) is 0.730. The lowest BCUT2D eigenvalue weighted by Crippen LogP contribution is -2.50. The minimum absolute atomic E-state index is 0.117. The number of anilines is 1. The van der Waals surface area contributed by atoms with Crippen LogP contribution in [-0.4, -0.2) is 64.6 Å². The fraction of sp³-hybridized carbons (Fsp3) is 0.500. The Kier molecular flexibility index (Phi) is 4.11. The molecule has 1 aromatic rings. The summed E-state index contributed by atoms with van der Waals surface area (Å²) in [7, 11) is 0. The molecule has 0 bridgehead atoms. The maximum absolute atomic E-state index is 11.7. The fourth-order valence-corrected chi connectivity index (χ4v) is 2.29. The van der Waals surface area contributed by atoms with E-state index in [1.807, 2.05) is 4.90 Å². The van der Waals surface area contributed by atoms with E-state index < -0.39 is 6.09 Å². The van der Waals surface area contributed by atoms with Crippen molar-refractivity contribution in [3.63, 3.8) is 0 Å². The molecule has 2 rings (SSSR count). The Balaban J connectivity index is 1.74. The van der Waals surface area contributed by atoms with Crippen molar-refractivity contribution in [1.82, 2.24) is 14.8 Å². The average molecular weight is 270 g/mol. The second-order valence-corrected chi connectivity index (χ2v) is 4.83. The number of carboxylic acid groups (broad SMARTS) is 1. The van der Waals surface area contributed by atoms with Gasteiger partial charge in [-0.25, -0.2) is 9.78 Å². The lowest BCUT2D eigenvalue weighted by molar-refractivity contribution is -0.117. The molecule has 0 aromatic carbocycles. The van der Waals surface area contributed by atoms with Gasteiger partial charge in [-0.15, -0.1) is 11.3 Å². The largest absolute Gasteiger partial charge is 0.465 e. The number of hydrogen-bond donors (Lipinski definition) is 2. The number of rotatable bonds is 3. The van der Waals surface area contributed by atoms with E-state index in [0.29, 0.717) is 31.3 Å². The molecule has 0 unspecified atom stereocenters. The fourth-order valence-electron chi connectivity index (χ4n) is 1.74. The van der Waals surface area contributed by atoms with Gasteiger partial charge in [-0.3, -0.25) is 9.69 Å². The lowest BCUT2D eigenvalue weighted by Gasteiger charge is -2.32. The number of hydrogen-bond acceptors (Lipinski definition) is 5. The number of nitrogens with zero attached hydrogens (tertiary/aromatic N) is 3. The highest BCUT2D eigenvalue weighted by Gasteiger charge is 2.21. The first kappa shape index (κ1) is 12.8. The number of carbonyl (C=O) groups is 2. The molecule has 0 radical (unpaired) electrons. The van der Waals surface area contributed by atoms with E-state index in [1.54, 1.807) is 11.6 Å². The second-order valence-electron chi connectivity index (χ2n) is 3.93. The Labute approximate surface area is 108 Å². The Hall–Kier alpha value is -1.67. The molecule has 1 saturated heterocycles. The normalized spacial score (nSPS) is 16.6. The number of carbonyl (C=O) groups excluding carboxylic acids is 1. The third-order valence-electron chi connectivity index (χ3n) is 2.69. The predicted molar refractivity (Wildman–Crippen MR) is 66.8 cm³/mol. The molecule has 1 aliphatic heterocycles. The van der Waals surface area contributed by atoms with Gasteiger partial charge >= 0.3 is 6.09 Å². The first-order chi connectivity index (χ1) is 8.65. The molecule has 0 atom stereocenters. The summed E-state index contributed by atoms with van der Waals surface area (Å²) in [5.74, 6) is -0.117. The molecule has 0 spiro atoms. The SMILES string of the molecule is O=C(CN1CCN(C(=O)O)CC1)Nc1nccs1. The van der Waals surface area contributed by atoms with Crippen molar-refractivity contribution in [2.24, 2.45) is 0 Å². The second kappa shape index (κ2) is 5.78. The quantitative estimate of drug-likeness (QED) is 0.829. The molecule has 1 aliphatic rings. The van der Waals surface area contributed by atoms with E-state index in [1.165, 1.54) is 16.2 Å². The van der Waals surface area contributed by atoms with E-state index in [0.717, 1.165) is 0 Å². The van der Waals surface area contributed by atoms with Crippen LogP contribution in [0.5, 0.6) is 0 Å². The van der Waals surface area contributed by atoms with Crippen molar-refractivity contribution in [2.75, 3.05) is 38.0 Å². The van der Waals surface area contributed by atoms with Crippen LogP contribution in [0.3, 0.4) is 0 Å². The molecule has 1 fully saturated rings. The summed E-state index contributed by atoms with van der Waals surface area (Å²) >= 11 is 1.37. The topological polar surface area (TPSA) is 85.8 Å². The molecular formula is C10H14N4O3S. The molecule has 18 heavy (non-hydrogen) atoms. The highest BCUT2D eigenvalue weighted by molar-refractivity contribution is 7.13. The van der Waals surface area contributed by atoms with Crippen LogP contribution in [0.15, 0.2) is 11.6 Å². The lowest BCUT2D eigenvalue weighted by atomic mass is 10.3. The molecule has 2 N–H and O–H groups in total. The van der Waals surface area contributed by atoms with Gasteiger partial charge in [0.1, 0.15) is 0 Å². The molecule has 0 saturated carbocycles. The van der Waals surface area contributed by atoms with Gasteiger partial charge < -0.3 is 15.3 Å². The minimum atomic E-state index is -0.901. The van der Waals surface area contributed by atoms with Crippen LogP contribution in [-0.2, 0) is 4.79 Å². The van der Waals surface area contributed by atoms with Gasteiger partial charge in [0.05, 0.1) is 6.54 Å². The van der Waals surface area contributed by atoms with E-state index in [9.17, 15) is 9.59 Å². The number of thiazole rings is 1. The molecule has 2 heterocycles. The van der Waals surface area contributed by atoms with E-state index in [-0.39, 0.29) is 12.5 Å². The third kappa shape index (κ3) is 3.41. The third-order valence-corrected chi connectivity index (χ3v) is 3.38. The molecule has 2 amide bonds. The zero-order chi connectivity index (χ0) is 13.0. The molecular weight excluding hydrogens is 256 g/mol. The van der Waals surface area contributed by atoms with E-state index in [2.05, 4.69) is 10.3 Å². The molecule has 98 valence electrons. The van der Waals surface area contributed by atoms with E-state index in [4.69, 9.17) is 5.11 Å². The van der Waals surface area contributed by atoms with Crippen molar-refractivity contribution in [3.8, 4) is 0 Å². The smallest absolute Gasteiger partial charge is 0.407 e. The van der Waals surface area contributed by atoms with Crippen molar-refractivity contribution >= 4 is 28.5 Å². The van der Waals surface area contributed by atoms with Crippen LogP contribution in [0.2, 0.25) is 0 Å². The molecule has 8 heteroatoms. The van der Waals surface area contributed by atoms with Gasteiger partial charge in [-0.05, 0) is 0 Å².